The second-order valence-electron chi connectivity index (χ2n) is 7.03. The number of carbonyl (C=O) groups excluding carboxylic acids is 3. The summed E-state index contributed by atoms with van der Waals surface area (Å²) in [6.45, 7) is 1.70. The Morgan fingerprint density at radius 3 is 2.53 bits per heavy atom. The molecule has 34 heavy (non-hydrogen) atoms. The summed E-state index contributed by atoms with van der Waals surface area (Å²) < 4.78 is 6.28. The van der Waals surface area contributed by atoms with Crippen LogP contribution in [0.25, 0.3) is 5.82 Å². The molecule has 0 aliphatic rings. The first kappa shape index (κ1) is 25.5. The van der Waals surface area contributed by atoms with Crippen LogP contribution in [-0.2, 0) is 4.74 Å². The quantitative estimate of drug-likeness (QED) is 0.470. The Labute approximate surface area is 213 Å². The molecule has 0 atom stereocenters. The van der Waals surface area contributed by atoms with Crippen LogP contribution in [0.1, 0.15) is 26.4 Å². The third kappa shape index (κ3) is 5.16. The van der Waals surface area contributed by atoms with Crippen molar-refractivity contribution in [3.8, 4) is 5.82 Å². The van der Waals surface area contributed by atoms with E-state index < -0.39 is 17.9 Å². The van der Waals surface area contributed by atoms with E-state index in [1.165, 1.54) is 49.1 Å². The number of hydrazine groups is 1. The summed E-state index contributed by atoms with van der Waals surface area (Å²) in [6, 6.07) is 7.81. The number of amides is 3. The van der Waals surface area contributed by atoms with Gasteiger partial charge in [0.1, 0.15) is 10.3 Å². The summed E-state index contributed by atoms with van der Waals surface area (Å²) in [5.74, 6) is -0.909. The Balaban J connectivity index is 2.05. The molecule has 3 rings (SSSR count). The Bertz CT molecular complexity index is 1280. The number of carbonyl (C=O) groups is 3. The van der Waals surface area contributed by atoms with E-state index in [1.807, 2.05) is 0 Å². The summed E-state index contributed by atoms with van der Waals surface area (Å²) in [7, 11) is 4.01. The maximum absolute atomic E-state index is 13.6. The van der Waals surface area contributed by atoms with E-state index in [-0.39, 0.29) is 27.8 Å². The Morgan fingerprint density at radius 2 is 1.88 bits per heavy atom. The lowest BCUT2D eigenvalue weighted by Gasteiger charge is -2.24. The molecule has 2 aromatic heterocycles. The molecule has 2 heterocycles. The van der Waals surface area contributed by atoms with Gasteiger partial charge in [-0.3, -0.25) is 15.0 Å². The van der Waals surface area contributed by atoms with Gasteiger partial charge < -0.3 is 9.64 Å². The molecule has 0 aliphatic carbocycles. The minimum atomic E-state index is -0.779. The number of ether oxygens (including phenoxy) is 1. The predicted octanol–water partition coefficient (Wildman–Crippen LogP) is 4.26. The van der Waals surface area contributed by atoms with E-state index in [4.69, 9.17) is 23.2 Å². The standard InChI is InChI=1S/C21H19BrCl2N6O4/c1-11-8-12(23)9-13(19(31)27-29(3)21(33)34-4)17(11)28(2)20(32)15-10-16(22)26-30(15)18-14(24)6-5-7-25-18/h5-10H,1-4H3,(H,27,31). The fraction of sp³-hybridized carbons (Fsp3) is 0.190. The summed E-state index contributed by atoms with van der Waals surface area (Å²) in [5.41, 5.74) is 3.43. The molecule has 0 unspecified atom stereocenters. The molecular formula is C21H19BrCl2N6O4. The van der Waals surface area contributed by atoms with Crippen LogP contribution >= 0.6 is 39.1 Å². The third-order valence-corrected chi connectivity index (χ3v) is 5.61. The van der Waals surface area contributed by atoms with E-state index >= 15 is 0 Å². The maximum atomic E-state index is 13.6. The second kappa shape index (κ2) is 10.4. The molecule has 0 fully saturated rings. The molecule has 3 amide bonds. The number of nitrogens with one attached hydrogen (secondary N) is 1. The lowest BCUT2D eigenvalue weighted by molar-refractivity contribution is 0.0767. The smallest absolute Gasteiger partial charge is 0.428 e. The number of benzene rings is 1. The first-order valence-corrected chi connectivity index (χ1v) is 11.2. The predicted molar refractivity (Wildman–Crippen MR) is 131 cm³/mol. The Kier molecular flexibility index (Phi) is 7.80. The van der Waals surface area contributed by atoms with Crippen LogP contribution in [0.15, 0.2) is 41.1 Å². The van der Waals surface area contributed by atoms with E-state index in [0.29, 0.717) is 15.2 Å². The topological polar surface area (TPSA) is 110 Å². The molecule has 13 heteroatoms. The van der Waals surface area contributed by atoms with Crippen molar-refractivity contribution >= 4 is 62.7 Å². The number of rotatable bonds is 4. The van der Waals surface area contributed by atoms with Gasteiger partial charge in [-0.1, -0.05) is 23.2 Å². The van der Waals surface area contributed by atoms with Gasteiger partial charge in [0.25, 0.3) is 11.8 Å². The monoisotopic (exact) mass is 568 g/mol. The molecule has 1 N–H and O–H groups in total. The van der Waals surface area contributed by atoms with Crippen LogP contribution in [0, 0.1) is 6.92 Å². The van der Waals surface area contributed by atoms with Crippen LogP contribution < -0.4 is 10.3 Å². The van der Waals surface area contributed by atoms with Crippen molar-refractivity contribution in [1.82, 2.24) is 25.2 Å². The summed E-state index contributed by atoms with van der Waals surface area (Å²) in [4.78, 5) is 43.8. The number of aryl methyl sites for hydroxylation is 1. The number of aromatic nitrogens is 3. The highest BCUT2D eigenvalue weighted by molar-refractivity contribution is 9.10. The number of nitrogens with zero attached hydrogens (tertiary/aromatic N) is 5. The number of hydrogen-bond donors (Lipinski definition) is 1. The minimum absolute atomic E-state index is 0.0672. The average molecular weight is 570 g/mol. The van der Waals surface area contributed by atoms with Crippen molar-refractivity contribution in [3.63, 3.8) is 0 Å². The summed E-state index contributed by atoms with van der Waals surface area (Å²) in [6.07, 6.45) is 0.748. The van der Waals surface area contributed by atoms with Crippen LogP contribution in [0.2, 0.25) is 10.0 Å². The van der Waals surface area contributed by atoms with Crippen molar-refractivity contribution < 1.29 is 19.1 Å². The van der Waals surface area contributed by atoms with Crippen LogP contribution in [-0.4, -0.2) is 58.9 Å². The van der Waals surface area contributed by atoms with E-state index in [9.17, 15) is 14.4 Å². The van der Waals surface area contributed by atoms with E-state index in [1.54, 1.807) is 25.1 Å². The van der Waals surface area contributed by atoms with Crippen LogP contribution in [0.3, 0.4) is 0 Å². The van der Waals surface area contributed by atoms with Crippen molar-refractivity contribution in [2.24, 2.45) is 0 Å². The highest BCUT2D eigenvalue weighted by Crippen LogP contribution is 2.30. The van der Waals surface area contributed by atoms with Gasteiger partial charge in [0.05, 0.1) is 23.4 Å². The second-order valence-corrected chi connectivity index (χ2v) is 8.68. The zero-order chi connectivity index (χ0) is 25.2. The van der Waals surface area contributed by atoms with Gasteiger partial charge in [-0.15, -0.1) is 0 Å². The van der Waals surface area contributed by atoms with Crippen LogP contribution in [0.5, 0.6) is 0 Å². The average Bonchev–Trinajstić information content (AvgIpc) is 3.18. The Hall–Kier alpha value is -3.15. The molecule has 0 bridgehead atoms. The van der Waals surface area contributed by atoms with E-state index in [0.717, 1.165) is 5.01 Å². The fourth-order valence-corrected chi connectivity index (χ4v) is 4.07. The first-order valence-electron chi connectivity index (χ1n) is 9.62. The molecule has 0 radical (unpaired) electrons. The van der Waals surface area contributed by atoms with Crippen LogP contribution in [0.4, 0.5) is 10.5 Å². The summed E-state index contributed by atoms with van der Waals surface area (Å²) in [5, 5.41) is 5.73. The fourth-order valence-electron chi connectivity index (χ4n) is 3.22. The van der Waals surface area contributed by atoms with Gasteiger partial charge in [-0.05, 0) is 52.7 Å². The van der Waals surface area contributed by atoms with Gasteiger partial charge in [-0.25, -0.2) is 19.5 Å². The first-order chi connectivity index (χ1) is 16.0. The summed E-state index contributed by atoms with van der Waals surface area (Å²) >= 11 is 15.7. The van der Waals surface area contributed by atoms with Crippen molar-refractivity contribution in [2.75, 3.05) is 26.1 Å². The van der Waals surface area contributed by atoms with Crippen molar-refractivity contribution in [2.45, 2.75) is 6.92 Å². The van der Waals surface area contributed by atoms with Gasteiger partial charge >= 0.3 is 6.09 Å². The number of pyridine rings is 1. The molecule has 10 nitrogen and oxygen atoms in total. The third-order valence-electron chi connectivity index (χ3n) is 4.71. The van der Waals surface area contributed by atoms with Gasteiger partial charge in [0.2, 0.25) is 0 Å². The highest BCUT2D eigenvalue weighted by Gasteiger charge is 2.27. The lowest BCUT2D eigenvalue weighted by Crippen LogP contribution is -2.44. The minimum Gasteiger partial charge on any atom is -0.452 e. The molecule has 0 aliphatic heterocycles. The molecule has 1 aromatic carbocycles. The van der Waals surface area contributed by atoms with Gasteiger partial charge in [0, 0.05) is 31.4 Å². The normalized spacial score (nSPS) is 10.6. The largest absolute Gasteiger partial charge is 0.452 e. The number of methoxy groups -OCH3 is 1. The molecule has 178 valence electrons. The number of anilines is 1. The van der Waals surface area contributed by atoms with Crippen molar-refractivity contribution in [1.29, 1.82) is 0 Å². The molecular weight excluding hydrogens is 551 g/mol. The Morgan fingerprint density at radius 1 is 1.18 bits per heavy atom. The molecule has 3 aromatic rings. The molecule has 0 saturated carbocycles. The molecule has 0 spiro atoms. The number of halogens is 3. The highest BCUT2D eigenvalue weighted by atomic mass is 79.9. The van der Waals surface area contributed by atoms with Gasteiger partial charge in [0.15, 0.2) is 5.82 Å². The van der Waals surface area contributed by atoms with Crippen molar-refractivity contribution in [3.05, 3.63) is 68.0 Å². The zero-order valence-corrected chi connectivity index (χ0v) is 21.6. The maximum Gasteiger partial charge on any atom is 0.428 e. The molecule has 0 saturated heterocycles. The SMILES string of the molecule is COC(=O)N(C)NC(=O)c1cc(Cl)cc(C)c1N(C)C(=O)c1cc(Br)nn1-c1ncccc1Cl. The van der Waals surface area contributed by atoms with Gasteiger partial charge in [-0.2, -0.15) is 5.10 Å². The number of hydrogen-bond acceptors (Lipinski definition) is 6. The van der Waals surface area contributed by atoms with E-state index in [2.05, 4.69) is 36.2 Å². The zero-order valence-electron chi connectivity index (χ0n) is 18.5. The lowest BCUT2D eigenvalue weighted by atomic mass is 10.1.